The third-order valence-electron chi connectivity index (χ3n) is 2.09. The Balaban J connectivity index is 2.34. The number of rotatable bonds is 3. The molecule has 0 fully saturated rings. The molecule has 0 aliphatic rings. The predicted molar refractivity (Wildman–Crippen MR) is 61.4 cm³/mol. The van der Waals surface area contributed by atoms with Gasteiger partial charge in [0.15, 0.2) is 0 Å². The standard InChI is InChI=1S/C11H10N2O2S/c1-7-9(6-10(14)15)16-11(13-7)8-4-2-3-5-12-8/h2-5H,6H2,1H3,(H,14,15). The van der Waals surface area contributed by atoms with Gasteiger partial charge in [-0.15, -0.1) is 11.3 Å². The summed E-state index contributed by atoms with van der Waals surface area (Å²) in [6, 6.07) is 5.58. The van der Waals surface area contributed by atoms with E-state index in [0.29, 0.717) is 0 Å². The summed E-state index contributed by atoms with van der Waals surface area (Å²) >= 11 is 1.39. The molecule has 0 saturated carbocycles. The molecule has 0 spiro atoms. The number of pyridine rings is 1. The van der Waals surface area contributed by atoms with Crippen LogP contribution in [0.25, 0.3) is 10.7 Å². The van der Waals surface area contributed by atoms with Gasteiger partial charge in [-0.3, -0.25) is 9.78 Å². The molecule has 0 unspecified atom stereocenters. The van der Waals surface area contributed by atoms with Crippen LogP contribution in [-0.2, 0) is 11.2 Å². The summed E-state index contributed by atoms with van der Waals surface area (Å²) in [6.45, 7) is 1.82. The summed E-state index contributed by atoms with van der Waals surface area (Å²) in [6.07, 6.45) is 1.72. The first kappa shape index (κ1) is 10.8. The normalized spacial score (nSPS) is 10.3. The largest absolute Gasteiger partial charge is 0.481 e. The zero-order valence-electron chi connectivity index (χ0n) is 8.67. The van der Waals surface area contributed by atoms with E-state index in [9.17, 15) is 4.79 Å². The Hall–Kier alpha value is -1.75. The molecule has 4 nitrogen and oxygen atoms in total. The highest BCUT2D eigenvalue weighted by Crippen LogP contribution is 2.26. The summed E-state index contributed by atoms with van der Waals surface area (Å²) in [5.41, 5.74) is 1.56. The van der Waals surface area contributed by atoms with Gasteiger partial charge < -0.3 is 5.11 Å². The van der Waals surface area contributed by atoms with Crippen molar-refractivity contribution in [2.24, 2.45) is 0 Å². The lowest BCUT2D eigenvalue weighted by Crippen LogP contribution is -1.99. The monoisotopic (exact) mass is 234 g/mol. The van der Waals surface area contributed by atoms with Crippen molar-refractivity contribution in [2.45, 2.75) is 13.3 Å². The van der Waals surface area contributed by atoms with Crippen molar-refractivity contribution in [3.63, 3.8) is 0 Å². The molecule has 0 aliphatic heterocycles. The summed E-state index contributed by atoms with van der Waals surface area (Å²) < 4.78 is 0. The van der Waals surface area contributed by atoms with Gasteiger partial charge in [-0.1, -0.05) is 6.07 Å². The van der Waals surface area contributed by atoms with Crippen LogP contribution in [0, 0.1) is 6.92 Å². The van der Waals surface area contributed by atoms with E-state index in [1.54, 1.807) is 6.20 Å². The van der Waals surface area contributed by atoms with Gasteiger partial charge in [0.25, 0.3) is 0 Å². The van der Waals surface area contributed by atoms with Crippen molar-refractivity contribution in [1.82, 2.24) is 9.97 Å². The zero-order valence-corrected chi connectivity index (χ0v) is 9.49. The maximum absolute atomic E-state index is 10.6. The number of aliphatic carboxylic acids is 1. The average Bonchev–Trinajstić information content (AvgIpc) is 2.61. The SMILES string of the molecule is Cc1nc(-c2ccccn2)sc1CC(=O)O. The number of carbonyl (C=O) groups is 1. The first-order chi connectivity index (χ1) is 7.66. The Morgan fingerprint density at radius 3 is 2.94 bits per heavy atom. The highest BCUT2D eigenvalue weighted by molar-refractivity contribution is 7.15. The average molecular weight is 234 g/mol. The van der Waals surface area contributed by atoms with E-state index in [1.165, 1.54) is 11.3 Å². The van der Waals surface area contributed by atoms with Crippen LogP contribution in [0.3, 0.4) is 0 Å². The molecule has 0 saturated heterocycles. The van der Waals surface area contributed by atoms with Gasteiger partial charge in [0, 0.05) is 11.1 Å². The number of carboxylic acids is 1. The third-order valence-corrected chi connectivity index (χ3v) is 3.27. The van der Waals surface area contributed by atoms with E-state index >= 15 is 0 Å². The minimum absolute atomic E-state index is 0.0241. The van der Waals surface area contributed by atoms with Crippen molar-refractivity contribution in [3.05, 3.63) is 35.0 Å². The van der Waals surface area contributed by atoms with E-state index in [1.807, 2.05) is 25.1 Å². The summed E-state index contributed by atoms with van der Waals surface area (Å²) in [5.74, 6) is -0.834. The van der Waals surface area contributed by atoms with Crippen molar-refractivity contribution >= 4 is 17.3 Å². The Labute approximate surface area is 96.6 Å². The number of carboxylic acid groups (broad SMARTS) is 1. The molecule has 0 aromatic carbocycles. The second kappa shape index (κ2) is 4.40. The molecule has 2 heterocycles. The maximum Gasteiger partial charge on any atom is 0.308 e. The molecule has 1 N–H and O–H groups in total. The van der Waals surface area contributed by atoms with Crippen LogP contribution < -0.4 is 0 Å². The fourth-order valence-corrected chi connectivity index (χ4v) is 2.36. The Kier molecular flexibility index (Phi) is 2.96. The molecule has 82 valence electrons. The quantitative estimate of drug-likeness (QED) is 0.883. The summed E-state index contributed by atoms with van der Waals surface area (Å²) in [5, 5.41) is 9.51. The Morgan fingerprint density at radius 1 is 1.50 bits per heavy atom. The minimum atomic E-state index is -0.834. The van der Waals surface area contributed by atoms with Crippen LogP contribution in [-0.4, -0.2) is 21.0 Å². The van der Waals surface area contributed by atoms with Crippen LogP contribution in [0.4, 0.5) is 0 Å². The fourth-order valence-electron chi connectivity index (χ4n) is 1.33. The van der Waals surface area contributed by atoms with Gasteiger partial charge in [0.2, 0.25) is 0 Å². The maximum atomic E-state index is 10.6. The number of nitrogens with zero attached hydrogens (tertiary/aromatic N) is 2. The molecule has 16 heavy (non-hydrogen) atoms. The zero-order chi connectivity index (χ0) is 11.5. The molecule has 0 radical (unpaired) electrons. The summed E-state index contributed by atoms with van der Waals surface area (Å²) in [4.78, 5) is 19.9. The molecule has 2 rings (SSSR count). The van der Waals surface area contributed by atoms with Crippen LogP contribution >= 0.6 is 11.3 Å². The van der Waals surface area contributed by atoms with E-state index in [2.05, 4.69) is 9.97 Å². The lowest BCUT2D eigenvalue weighted by molar-refractivity contribution is -0.136. The van der Waals surface area contributed by atoms with Gasteiger partial charge in [-0.05, 0) is 19.1 Å². The second-order valence-electron chi connectivity index (χ2n) is 3.31. The molecule has 2 aromatic heterocycles. The van der Waals surface area contributed by atoms with Crippen molar-refractivity contribution in [3.8, 4) is 10.7 Å². The smallest absolute Gasteiger partial charge is 0.308 e. The number of aromatic nitrogens is 2. The Morgan fingerprint density at radius 2 is 2.31 bits per heavy atom. The number of thiazole rings is 1. The van der Waals surface area contributed by atoms with Gasteiger partial charge in [-0.2, -0.15) is 0 Å². The minimum Gasteiger partial charge on any atom is -0.481 e. The second-order valence-corrected chi connectivity index (χ2v) is 4.40. The predicted octanol–water partition coefficient (Wildman–Crippen LogP) is 2.14. The van der Waals surface area contributed by atoms with Crippen LogP contribution in [0.15, 0.2) is 24.4 Å². The molecular weight excluding hydrogens is 224 g/mol. The molecule has 0 bridgehead atoms. The van der Waals surface area contributed by atoms with Gasteiger partial charge in [0.1, 0.15) is 5.01 Å². The molecule has 0 aliphatic carbocycles. The topological polar surface area (TPSA) is 63.1 Å². The van der Waals surface area contributed by atoms with Gasteiger partial charge in [0.05, 0.1) is 17.8 Å². The first-order valence-corrected chi connectivity index (χ1v) is 5.58. The van der Waals surface area contributed by atoms with Crippen LogP contribution in [0.5, 0.6) is 0 Å². The molecule has 0 amide bonds. The molecule has 5 heteroatoms. The number of hydrogen-bond acceptors (Lipinski definition) is 4. The van der Waals surface area contributed by atoms with E-state index in [4.69, 9.17) is 5.11 Å². The van der Waals surface area contributed by atoms with Crippen molar-refractivity contribution in [2.75, 3.05) is 0 Å². The highest BCUT2D eigenvalue weighted by atomic mass is 32.1. The van der Waals surface area contributed by atoms with Crippen molar-refractivity contribution in [1.29, 1.82) is 0 Å². The third kappa shape index (κ3) is 2.25. The number of aryl methyl sites for hydroxylation is 1. The fraction of sp³-hybridized carbons (Fsp3) is 0.182. The Bertz CT molecular complexity index is 508. The summed E-state index contributed by atoms with van der Waals surface area (Å²) in [7, 11) is 0. The van der Waals surface area contributed by atoms with Gasteiger partial charge in [-0.25, -0.2) is 4.98 Å². The van der Waals surface area contributed by atoms with E-state index in [-0.39, 0.29) is 6.42 Å². The van der Waals surface area contributed by atoms with E-state index < -0.39 is 5.97 Å². The molecular formula is C11H10N2O2S. The first-order valence-electron chi connectivity index (χ1n) is 4.76. The molecule has 0 atom stereocenters. The van der Waals surface area contributed by atoms with Crippen LogP contribution in [0.2, 0.25) is 0 Å². The highest BCUT2D eigenvalue weighted by Gasteiger charge is 2.12. The van der Waals surface area contributed by atoms with Crippen LogP contribution in [0.1, 0.15) is 10.6 Å². The lowest BCUT2D eigenvalue weighted by atomic mass is 10.3. The number of hydrogen-bond donors (Lipinski definition) is 1. The van der Waals surface area contributed by atoms with Gasteiger partial charge >= 0.3 is 5.97 Å². The lowest BCUT2D eigenvalue weighted by Gasteiger charge is -1.91. The molecule has 2 aromatic rings. The van der Waals surface area contributed by atoms with Crippen molar-refractivity contribution < 1.29 is 9.90 Å². The van der Waals surface area contributed by atoms with E-state index in [0.717, 1.165) is 21.3 Å².